The summed E-state index contributed by atoms with van der Waals surface area (Å²) in [5, 5.41) is 8.83. The number of carbonyl (C=O) groups is 1. The fraction of sp³-hybridized carbons (Fsp3) is 0.0833. The lowest BCUT2D eigenvalue weighted by molar-refractivity contribution is 0.0697. The minimum Gasteiger partial charge on any atom is -0.477 e. The van der Waals surface area contributed by atoms with E-state index in [-0.39, 0.29) is 11.4 Å². The molecule has 0 bridgehead atoms. The molecule has 19 heavy (non-hydrogen) atoms. The van der Waals surface area contributed by atoms with E-state index in [4.69, 9.17) is 10.8 Å². The van der Waals surface area contributed by atoms with Crippen LogP contribution < -0.4 is 5.73 Å². The third kappa shape index (κ3) is 3.45. The molecule has 5 nitrogen and oxygen atoms in total. The van der Waals surface area contributed by atoms with Gasteiger partial charge in [0.05, 0.1) is 5.75 Å². The molecule has 3 N–H and O–H groups in total. The van der Waals surface area contributed by atoms with Gasteiger partial charge in [0.15, 0.2) is 0 Å². The van der Waals surface area contributed by atoms with Crippen molar-refractivity contribution in [2.75, 3.05) is 5.73 Å². The van der Waals surface area contributed by atoms with Gasteiger partial charge < -0.3 is 10.8 Å². The number of carboxylic acid groups (broad SMARTS) is 1. The van der Waals surface area contributed by atoms with Gasteiger partial charge in [0, 0.05) is 15.6 Å². The number of anilines is 1. The van der Waals surface area contributed by atoms with Crippen LogP contribution in [0.1, 0.15) is 16.2 Å². The zero-order valence-electron chi connectivity index (χ0n) is 9.71. The van der Waals surface area contributed by atoms with Crippen LogP contribution in [0, 0.1) is 0 Å². The third-order valence-corrected chi connectivity index (χ3v) is 4.32. The van der Waals surface area contributed by atoms with E-state index in [0.717, 1.165) is 9.37 Å². The van der Waals surface area contributed by atoms with Gasteiger partial charge in [0.1, 0.15) is 17.2 Å². The van der Waals surface area contributed by atoms with Gasteiger partial charge in [-0.1, -0.05) is 12.1 Å². The number of nitrogens with zero attached hydrogens (tertiary/aromatic N) is 2. The van der Waals surface area contributed by atoms with E-state index in [2.05, 4.69) is 25.9 Å². The lowest BCUT2D eigenvalue weighted by atomic mass is 10.3. The molecule has 0 aliphatic carbocycles. The summed E-state index contributed by atoms with van der Waals surface area (Å²) in [6, 6.07) is 7.80. The lowest BCUT2D eigenvalue weighted by Gasteiger charge is -2.05. The average Bonchev–Trinajstić information content (AvgIpc) is 2.37. The summed E-state index contributed by atoms with van der Waals surface area (Å²) in [6.07, 6.45) is 1.24. The largest absolute Gasteiger partial charge is 0.477 e. The van der Waals surface area contributed by atoms with Crippen LogP contribution in [0.2, 0.25) is 0 Å². The molecule has 0 aliphatic rings. The van der Waals surface area contributed by atoms with Crippen molar-refractivity contribution in [3.8, 4) is 0 Å². The summed E-state index contributed by atoms with van der Waals surface area (Å²) in [7, 11) is 0. The quantitative estimate of drug-likeness (QED) is 0.832. The van der Waals surface area contributed by atoms with Gasteiger partial charge in [-0.2, -0.15) is 0 Å². The molecule has 98 valence electrons. The summed E-state index contributed by atoms with van der Waals surface area (Å²) in [4.78, 5) is 19.8. The maximum Gasteiger partial charge on any atom is 0.341 e. The van der Waals surface area contributed by atoms with Crippen molar-refractivity contribution in [1.29, 1.82) is 0 Å². The van der Waals surface area contributed by atoms with Crippen LogP contribution in [0.4, 0.5) is 5.82 Å². The molecule has 0 unspecified atom stereocenters. The Morgan fingerprint density at radius 1 is 1.42 bits per heavy atom. The molecular weight excluding hydrogens is 330 g/mol. The Balaban J connectivity index is 2.11. The molecule has 2 rings (SSSR count). The Kier molecular flexibility index (Phi) is 4.39. The highest BCUT2D eigenvalue weighted by Crippen LogP contribution is 2.29. The van der Waals surface area contributed by atoms with Crippen LogP contribution in [0.25, 0.3) is 0 Å². The first-order valence-corrected chi connectivity index (χ1v) is 7.08. The number of rotatable bonds is 4. The van der Waals surface area contributed by atoms with E-state index in [0.29, 0.717) is 11.6 Å². The van der Waals surface area contributed by atoms with Crippen LogP contribution in [-0.2, 0) is 5.75 Å². The van der Waals surface area contributed by atoms with E-state index in [1.807, 2.05) is 24.3 Å². The van der Waals surface area contributed by atoms with Gasteiger partial charge in [-0.15, -0.1) is 11.8 Å². The molecule has 0 spiro atoms. The topological polar surface area (TPSA) is 89.1 Å². The minimum atomic E-state index is -1.12. The van der Waals surface area contributed by atoms with Crippen molar-refractivity contribution >= 4 is 39.5 Å². The second-order valence-corrected chi connectivity index (χ2v) is 5.48. The average molecular weight is 340 g/mol. The summed E-state index contributed by atoms with van der Waals surface area (Å²) in [5.74, 6) is -0.108. The number of halogens is 1. The summed E-state index contributed by atoms with van der Waals surface area (Å²) < 4.78 is 0.995. The minimum absolute atomic E-state index is 0.00905. The Morgan fingerprint density at radius 3 is 2.79 bits per heavy atom. The van der Waals surface area contributed by atoms with Gasteiger partial charge in [-0.3, -0.25) is 0 Å². The molecule has 1 aromatic carbocycles. The molecule has 7 heteroatoms. The SMILES string of the molecule is Nc1nc(CSc2ccccc2Br)ncc1C(=O)O. The number of hydrogen-bond acceptors (Lipinski definition) is 5. The van der Waals surface area contributed by atoms with Gasteiger partial charge in [-0.05, 0) is 28.1 Å². The van der Waals surface area contributed by atoms with Crippen molar-refractivity contribution in [3.63, 3.8) is 0 Å². The van der Waals surface area contributed by atoms with E-state index in [9.17, 15) is 4.79 Å². The predicted molar refractivity (Wildman–Crippen MR) is 77.1 cm³/mol. The Labute approximate surface area is 122 Å². The maximum absolute atomic E-state index is 10.8. The molecule has 0 saturated carbocycles. The van der Waals surface area contributed by atoms with Gasteiger partial charge in [0.2, 0.25) is 0 Å². The summed E-state index contributed by atoms with van der Waals surface area (Å²) in [6.45, 7) is 0. The maximum atomic E-state index is 10.8. The van der Waals surface area contributed by atoms with Crippen molar-refractivity contribution < 1.29 is 9.90 Å². The Bertz CT molecular complexity index is 622. The van der Waals surface area contributed by atoms with Gasteiger partial charge in [-0.25, -0.2) is 14.8 Å². The Hall–Kier alpha value is -1.60. The normalized spacial score (nSPS) is 10.4. The lowest BCUT2D eigenvalue weighted by Crippen LogP contribution is -2.07. The fourth-order valence-corrected chi connectivity index (χ4v) is 2.80. The van der Waals surface area contributed by atoms with Crippen molar-refractivity contribution in [2.45, 2.75) is 10.6 Å². The van der Waals surface area contributed by atoms with Crippen LogP contribution in [-0.4, -0.2) is 21.0 Å². The van der Waals surface area contributed by atoms with Crippen molar-refractivity contribution in [2.24, 2.45) is 0 Å². The number of carboxylic acids is 1. The number of nitrogen functional groups attached to an aromatic ring is 1. The van der Waals surface area contributed by atoms with Gasteiger partial charge in [0.25, 0.3) is 0 Å². The van der Waals surface area contributed by atoms with Crippen LogP contribution in [0.15, 0.2) is 39.8 Å². The third-order valence-electron chi connectivity index (χ3n) is 2.29. The first kappa shape index (κ1) is 13.8. The first-order valence-electron chi connectivity index (χ1n) is 5.30. The van der Waals surface area contributed by atoms with E-state index in [1.165, 1.54) is 6.20 Å². The number of nitrogens with two attached hydrogens (primary N) is 1. The molecule has 1 heterocycles. The zero-order chi connectivity index (χ0) is 13.8. The first-order chi connectivity index (χ1) is 9.08. The molecule has 2 aromatic rings. The molecule has 0 atom stereocenters. The molecule has 1 aromatic heterocycles. The molecular formula is C12H10BrN3O2S. The number of aromatic nitrogens is 2. The van der Waals surface area contributed by atoms with Gasteiger partial charge >= 0.3 is 5.97 Å². The number of hydrogen-bond donors (Lipinski definition) is 2. The second-order valence-electron chi connectivity index (χ2n) is 3.61. The Morgan fingerprint density at radius 2 is 2.16 bits per heavy atom. The molecule has 0 amide bonds. The molecule has 0 fully saturated rings. The van der Waals surface area contributed by atoms with Crippen molar-refractivity contribution in [3.05, 3.63) is 46.3 Å². The summed E-state index contributed by atoms with van der Waals surface area (Å²) in [5.41, 5.74) is 5.50. The van der Waals surface area contributed by atoms with E-state index < -0.39 is 5.97 Å². The highest BCUT2D eigenvalue weighted by molar-refractivity contribution is 9.10. The molecule has 0 aliphatic heterocycles. The van der Waals surface area contributed by atoms with Crippen LogP contribution in [0.3, 0.4) is 0 Å². The number of aromatic carboxylic acids is 1. The van der Waals surface area contributed by atoms with E-state index >= 15 is 0 Å². The second kappa shape index (κ2) is 6.03. The van der Waals surface area contributed by atoms with Crippen LogP contribution >= 0.6 is 27.7 Å². The molecule has 0 radical (unpaired) electrons. The van der Waals surface area contributed by atoms with E-state index in [1.54, 1.807) is 11.8 Å². The van der Waals surface area contributed by atoms with Crippen molar-refractivity contribution in [1.82, 2.24) is 9.97 Å². The highest BCUT2D eigenvalue weighted by Gasteiger charge is 2.11. The number of benzene rings is 1. The highest BCUT2D eigenvalue weighted by atomic mass is 79.9. The zero-order valence-corrected chi connectivity index (χ0v) is 12.1. The number of thioether (sulfide) groups is 1. The molecule has 0 saturated heterocycles. The summed E-state index contributed by atoms with van der Waals surface area (Å²) >= 11 is 5.00. The fourth-order valence-electron chi connectivity index (χ4n) is 1.37. The monoisotopic (exact) mass is 339 g/mol. The van der Waals surface area contributed by atoms with Crippen LogP contribution in [0.5, 0.6) is 0 Å². The smallest absolute Gasteiger partial charge is 0.341 e. The standard InChI is InChI=1S/C12H10BrN3O2S/c13-8-3-1-2-4-9(8)19-6-10-15-5-7(12(17)18)11(14)16-10/h1-5H,6H2,(H,17,18)(H2,14,15,16). The predicted octanol–water partition coefficient (Wildman–Crippen LogP) is 2.81.